The fourth-order valence-electron chi connectivity index (χ4n) is 2.69. The number of aliphatic hydroxyl groups excluding tert-OH is 1. The van der Waals surface area contributed by atoms with Crippen molar-refractivity contribution in [3.8, 4) is 0 Å². The van der Waals surface area contributed by atoms with Crippen LogP contribution in [0.3, 0.4) is 0 Å². The third-order valence-corrected chi connectivity index (χ3v) is 4.24. The van der Waals surface area contributed by atoms with Crippen LogP contribution in [0, 0.1) is 0 Å². The Labute approximate surface area is 134 Å². The largest absolute Gasteiger partial charge is 0.396 e. The molecular formula is C18H31NO3. The number of aryl methyl sites for hydroxylation is 1. The van der Waals surface area contributed by atoms with Crippen molar-refractivity contribution in [3.05, 3.63) is 29.1 Å². The minimum Gasteiger partial charge on any atom is -0.396 e. The second-order valence-electron chi connectivity index (χ2n) is 5.73. The number of nitrogens with zero attached hydrogens (tertiary/aromatic N) is 1. The Balaban J connectivity index is 2.98. The minimum atomic E-state index is 0.152. The maximum Gasteiger partial charge on any atom is 0.0624 e. The smallest absolute Gasteiger partial charge is 0.0624 e. The third-order valence-electron chi connectivity index (χ3n) is 4.24. The van der Waals surface area contributed by atoms with Gasteiger partial charge in [0.25, 0.3) is 0 Å². The molecule has 2 atom stereocenters. The van der Waals surface area contributed by atoms with E-state index in [0.717, 1.165) is 44.4 Å². The lowest BCUT2D eigenvalue weighted by atomic mass is 9.91. The molecule has 22 heavy (non-hydrogen) atoms. The van der Waals surface area contributed by atoms with Gasteiger partial charge in [-0.15, -0.1) is 0 Å². The average Bonchev–Trinajstić information content (AvgIpc) is 2.55. The summed E-state index contributed by atoms with van der Waals surface area (Å²) < 4.78 is 10.6. The first-order valence-electron chi connectivity index (χ1n) is 8.30. The van der Waals surface area contributed by atoms with Crippen LogP contribution in [0.25, 0.3) is 0 Å². The normalized spacial score (nSPS) is 14.0. The molecule has 0 aliphatic carbocycles. The summed E-state index contributed by atoms with van der Waals surface area (Å²) in [5.41, 5.74) is 3.45. The summed E-state index contributed by atoms with van der Waals surface area (Å²) in [7, 11) is 3.47. The summed E-state index contributed by atoms with van der Waals surface area (Å²) in [6.07, 6.45) is 6.76. The Morgan fingerprint density at radius 2 is 2.00 bits per heavy atom. The Hall–Kier alpha value is -0.970. The Kier molecular flexibility index (Phi) is 9.28. The van der Waals surface area contributed by atoms with E-state index in [0.29, 0.717) is 0 Å². The lowest BCUT2D eigenvalue weighted by molar-refractivity contribution is 0.0985. The zero-order valence-electron chi connectivity index (χ0n) is 14.5. The van der Waals surface area contributed by atoms with E-state index in [2.05, 4.69) is 24.9 Å². The molecule has 0 radical (unpaired) electrons. The molecule has 1 heterocycles. The van der Waals surface area contributed by atoms with Gasteiger partial charge in [-0.25, -0.2) is 0 Å². The molecule has 0 saturated heterocycles. The number of pyridine rings is 1. The molecule has 0 fully saturated rings. The van der Waals surface area contributed by atoms with E-state index < -0.39 is 0 Å². The van der Waals surface area contributed by atoms with Gasteiger partial charge in [-0.3, -0.25) is 4.98 Å². The first-order chi connectivity index (χ1) is 10.7. The quantitative estimate of drug-likeness (QED) is 0.638. The zero-order valence-corrected chi connectivity index (χ0v) is 14.5. The number of hydrogen-bond acceptors (Lipinski definition) is 4. The highest BCUT2D eigenvalue weighted by Crippen LogP contribution is 2.25. The predicted octanol–water partition coefficient (Wildman–Crippen LogP) is 3.11. The summed E-state index contributed by atoms with van der Waals surface area (Å²) in [4.78, 5) is 4.68. The van der Waals surface area contributed by atoms with Crippen molar-refractivity contribution in [2.45, 2.75) is 58.0 Å². The van der Waals surface area contributed by atoms with Crippen LogP contribution in [0.5, 0.6) is 0 Å². The predicted molar refractivity (Wildman–Crippen MR) is 89.3 cm³/mol. The molecule has 4 heteroatoms. The van der Waals surface area contributed by atoms with Crippen LogP contribution >= 0.6 is 0 Å². The van der Waals surface area contributed by atoms with Crippen LogP contribution in [0.4, 0.5) is 0 Å². The first-order valence-corrected chi connectivity index (χ1v) is 8.30. The van der Waals surface area contributed by atoms with Crippen molar-refractivity contribution >= 4 is 0 Å². The van der Waals surface area contributed by atoms with E-state index in [1.54, 1.807) is 14.2 Å². The molecule has 0 saturated carbocycles. The maximum absolute atomic E-state index is 9.68. The van der Waals surface area contributed by atoms with Gasteiger partial charge in [0, 0.05) is 51.7 Å². The van der Waals surface area contributed by atoms with E-state index in [1.165, 1.54) is 11.1 Å². The van der Waals surface area contributed by atoms with Gasteiger partial charge in [0.05, 0.1) is 6.10 Å². The SMILES string of the molecule is CCC(Cc1ncc(CCCOC)cc1C(CC)CO)OC. The van der Waals surface area contributed by atoms with Crippen LogP contribution in [-0.2, 0) is 22.3 Å². The number of ether oxygens (including phenoxy) is 2. The van der Waals surface area contributed by atoms with E-state index in [1.807, 2.05) is 6.20 Å². The molecular weight excluding hydrogens is 278 g/mol. The molecule has 0 amide bonds. The van der Waals surface area contributed by atoms with E-state index in [-0.39, 0.29) is 18.6 Å². The summed E-state index contributed by atoms with van der Waals surface area (Å²) in [5.74, 6) is 0.152. The van der Waals surface area contributed by atoms with Crippen molar-refractivity contribution in [1.82, 2.24) is 4.98 Å². The molecule has 0 aliphatic rings. The summed E-state index contributed by atoms with van der Waals surface area (Å²) >= 11 is 0. The van der Waals surface area contributed by atoms with Crippen LogP contribution in [0.2, 0.25) is 0 Å². The maximum atomic E-state index is 9.68. The van der Waals surface area contributed by atoms with Crippen molar-refractivity contribution in [2.24, 2.45) is 0 Å². The minimum absolute atomic E-state index is 0.152. The zero-order chi connectivity index (χ0) is 16.4. The second-order valence-corrected chi connectivity index (χ2v) is 5.73. The second kappa shape index (κ2) is 10.7. The molecule has 0 spiro atoms. The lowest BCUT2D eigenvalue weighted by Gasteiger charge is -2.20. The number of methoxy groups -OCH3 is 2. The van der Waals surface area contributed by atoms with Gasteiger partial charge in [-0.2, -0.15) is 0 Å². The lowest BCUT2D eigenvalue weighted by Crippen LogP contribution is -2.17. The fraction of sp³-hybridized carbons (Fsp3) is 0.722. The van der Waals surface area contributed by atoms with Crippen molar-refractivity contribution in [1.29, 1.82) is 0 Å². The van der Waals surface area contributed by atoms with Crippen LogP contribution in [0.15, 0.2) is 12.3 Å². The fourth-order valence-corrected chi connectivity index (χ4v) is 2.69. The van der Waals surface area contributed by atoms with Crippen molar-refractivity contribution in [2.75, 3.05) is 27.4 Å². The standard InChI is InChI=1S/C18H31NO3/c1-5-15(13-20)17-10-14(8-7-9-21-3)12-19-18(17)11-16(6-2)22-4/h10,12,15-16,20H,5-9,11,13H2,1-4H3. The van der Waals surface area contributed by atoms with Gasteiger partial charge in [0.15, 0.2) is 0 Å². The number of rotatable bonds is 11. The monoisotopic (exact) mass is 309 g/mol. The topological polar surface area (TPSA) is 51.6 Å². The highest BCUT2D eigenvalue weighted by Gasteiger charge is 2.17. The number of aromatic nitrogens is 1. The van der Waals surface area contributed by atoms with E-state index >= 15 is 0 Å². The molecule has 1 N–H and O–H groups in total. The van der Waals surface area contributed by atoms with Crippen LogP contribution < -0.4 is 0 Å². The average molecular weight is 309 g/mol. The van der Waals surface area contributed by atoms with Crippen LogP contribution in [0.1, 0.15) is 55.8 Å². The molecule has 126 valence electrons. The molecule has 4 nitrogen and oxygen atoms in total. The van der Waals surface area contributed by atoms with Gasteiger partial charge in [-0.1, -0.05) is 19.9 Å². The molecule has 1 aromatic heterocycles. The molecule has 0 aliphatic heterocycles. The van der Waals surface area contributed by atoms with Crippen molar-refractivity contribution < 1.29 is 14.6 Å². The summed E-state index contributed by atoms with van der Waals surface area (Å²) in [6, 6.07) is 2.21. The third kappa shape index (κ3) is 5.67. The number of aliphatic hydroxyl groups is 1. The molecule has 1 aromatic rings. The molecule has 0 bridgehead atoms. The summed E-state index contributed by atoms with van der Waals surface area (Å²) in [5, 5.41) is 9.68. The first kappa shape index (κ1) is 19.1. The molecule has 1 rings (SSSR count). The van der Waals surface area contributed by atoms with E-state index in [9.17, 15) is 5.11 Å². The Bertz CT molecular complexity index is 415. The van der Waals surface area contributed by atoms with Gasteiger partial charge in [0.1, 0.15) is 0 Å². The Morgan fingerprint density at radius 1 is 1.23 bits per heavy atom. The van der Waals surface area contributed by atoms with Gasteiger partial charge in [0.2, 0.25) is 0 Å². The van der Waals surface area contributed by atoms with Gasteiger partial charge >= 0.3 is 0 Å². The summed E-state index contributed by atoms with van der Waals surface area (Å²) in [6.45, 7) is 5.15. The molecule has 0 aromatic carbocycles. The van der Waals surface area contributed by atoms with E-state index in [4.69, 9.17) is 9.47 Å². The Morgan fingerprint density at radius 3 is 2.55 bits per heavy atom. The van der Waals surface area contributed by atoms with Gasteiger partial charge in [-0.05, 0) is 36.8 Å². The highest BCUT2D eigenvalue weighted by molar-refractivity contribution is 5.30. The highest BCUT2D eigenvalue weighted by atomic mass is 16.5. The number of hydrogen-bond donors (Lipinski definition) is 1. The molecule has 2 unspecified atom stereocenters. The van der Waals surface area contributed by atoms with Crippen LogP contribution in [-0.4, -0.2) is 43.6 Å². The van der Waals surface area contributed by atoms with Crippen molar-refractivity contribution in [3.63, 3.8) is 0 Å². The van der Waals surface area contributed by atoms with Gasteiger partial charge < -0.3 is 14.6 Å².